The van der Waals surface area contributed by atoms with Crippen molar-refractivity contribution in [2.75, 3.05) is 0 Å². The molecule has 2 rings (SSSR count). The van der Waals surface area contributed by atoms with E-state index >= 15 is 0 Å². The van der Waals surface area contributed by atoms with Gasteiger partial charge < -0.3 is 5.73 Å². The Hall–Kier alpha value is -1.46. The normalized spacial score (nSPS) is 10.6. The van der Waals surface area contributed by atoms with Gasteiger partial charge in [0.25, 0.3) is 0 Å². The van der Waals surface area contributed by atoms with Gasteiger partial charge in [0.05, 0.1) is 22.6 Å². The van der Waals surface area contributed by atoms with Crippen molar-refractivity contribution in [1.29, 1.82) is 0 Å². The molecule has 0 bridgehead atoms. The Kier molecular flexibility index (Phi) is 2.66. The molecule has 0 aliphatic carbocycles. The molecule has 0 spiro atoms. The minimum Gasteiger partial charge on any atom is -0.325 e. The molecule has 6 heteroatoms. The number of benzene rings is 1. The second kappa shape index (κ2) is 3.96. The van der Waals surface area contributed by atoms with Crippen molar-refractivity contribution in [3.63, 3.8) is 0 Å². The van der Waals surface area contributed by atoms with E-state index in [0.717, 1.165) is 0 Å². The van der Waals surface area contributed by atoms with Gasteiger partial charge in [-0.05, 0) is 12.1 Å². The average Bonchev–Trinajstić information content (AvgIpc) is 2.70. The van der Waals surface area contributed by atoms with Crippen molar-refractivity contribution in [1.82, 2.24) is 15.0 Å². The maximum absolute atomic E-state index is 13.1. The summed E-state index contributed by atoms with van der Waals surface area (Å²) in [6.45, 7) is 0.302. The quantitative estimate of drug-likeness (QED) is 0.845. The summed E-state index contributed by atoms with van der Waals surface area (Å²) in [5, 5.41) is 7.68. The second-order valence-corrected chi connectivity index (χ2v) is 3.36. The lowest BCUT2D eigenvalue weighted by molar-refractivity contribution is 0.625. The van der Waals surface area contributed by atoms with E-state index in [0.29, 0.717) is 17.9 Å². The summed E-state index contributed by atoms with van der Waals surface area (Å²) in [7, 11) is 0. The number of nitrogens with two attached hydrogens (primary N) is 1. The van der Waals surface area contributed by atoms with Crippen LogP contribution in [0.5, 0.6) is 0 Å². The largest absolute Gasteiger partial charge is 0.325 e. The molecule has 2 aromatic rings. The summed E-state index contributed by atoms with van der Waals surface area (Å²) in [6.07, 6.45) is 1.64. The van der Waals surface area contributed by atoms with E-state index < -0.39 is 5.82 Å². The molecule has 4 nitrogen and oxygen atoms in total. The van der Waals surface area contributed by atoms with Crippen LogP contribution in [0.25, 0.3) is 5.69 Å². The van der Waals surface area contributed by atoms with Crippen molar-refractivity contribution in [3.05, 3.63) is 40.9 Å². The minimum absolute atomic E-state index is 0.0814. The van der Waals surface area contributed by atoms with Crippen molar-refractivity contribution in [2.24, 2.45) is 5.73 Å². The van der Waals surface area contributed by atoms with Gasteiger partial charge in [-0.15, -0.1) is 5.10 Å². The van der Waals surface area contributed by atoms with Crippen molar-refractivity contribution >= 4 is 11.6 Å². The number of nitrogens with zero attached hydrogens (tertiary/aromatic N) is 3. The van der Waals surface area contributed by atoms with E-state index in [1.54, 1.807) is 12.3 Å². The molecule has 0 atom stereocenters. The fourth-order valence-electron chi connectivity index (χ4n) is 1.15. The molecule has 0 saturated carbocycles. The van der Waals surface area contributed by atoms with E-state index in [1.807, 2.05) is 0 Å². The predicted molar refractivity (Wildman–Crippen MR) is 54.2 cm³/mol. The fourth-order valence-corrected chi connectivity index (χ4v) is 1.26. The summed E-state index contributed by atoms with van der Waals surface area (Å²) < 4.78 is 14.6. The van der Waals surface area contributed by atoms with Crippen molar-refractivity contribution in [2.45, 2.75) is 6.54 Å². The van der Waals surface area contributed by atoms with Crippen LogP contribution < -0.4 is 5.73 Å². The van der Waals surface area contributed by atoms with Crippen molar-refractivity contribution in [3.8, 4) is 5.69 Å². The molecule has 1 heterocycles. The zero-order valence-corrected chi connectivity index (χ0v) is 8.45. The van der Waals surface area contributed by atoms with Crippen LogP contribution in [0.15, 0.2) is 24.4 Å². The molecule has 1 aromatic heterocycles. The van der Waals surface area contributed by atoms with E-state index in [-0.39, 0.29) is 5.02 Å². The molecular weight excluding hydrogens is 219 g/mol. The van der Waals surface area contributed by atoms with Gasteiger partial charge in [-0.2, -0.15) is 0 Å². The van der Waals surface area contributed by atoms with Crippen LogP contribution in [0.3, 0.4) is 0 Å². The van der Waals surface area contributed by atoms with Gasteiger partial charge in [-0.3, -0.25) is 0 Å². The molecule has 0 saturated heterocycles. The number of hydrogen-bond acceptors (Lipinski definition) is 3. The van der Waals surface area contributed by atoms with Gasteiger partial charge in [-0.1, -0.05) is 16.8 Å². The van der Waals surface area contributed by atoms with E-state index in [1.165, 1.54) is 16.8 Å². The van der Waals surface area contributed by atoms with Gasteiger partial charge in [-0.25, -0.2) is 9.07 Å². The van der Waals surface area contributed by atoms with Crippen LogP contribution in [0.2, 0.25) is 5.02 Å². The molecule has 1 aromatic carbocycles. The molecule has 0 unspecified atom stereocenters. The lowest BCUT2D eigenvalue weighted by Gasteiger charge is -2.00. The zero-order chi connectivity index (χ0) is 10.8. The fraction of sp³-hybridized carbons (Fsp3) is 0.111. The van der Waals surface area contributed by atoms with Gasteiger partial charge >= 0.3 is 0 Å². The first-order valence-electron chi connectivity index (χ1n) is 4.27. The highest BCUT2D eigenvalue weighted by Crippen LogP contribution is 2.17. The Bertz CT molecular complexity index is 483. The second-order valence-electron chi connectivity index (χ2n) is 2.96. The van der Waals surface area contributed by atoms with E-state index in [2.05, 4.69) is 10.3 Å². The Morgan fingerprint density at radius 1 is 1.47 bits per heavy atom. The highest BCUT2D eigenvalue weighted by atomic mass is 35.5. The maximum Gasteiger partial charge on any atom is 0.143 e. The van der Waals surface area contributed by atoms with Crippen LogP contribution in [0, 0.1) is 5.82 Å². The van der Waals surface area contributed by atoms with Crippen LogP contribution in [0.4, 0.5) is 4.39 Å². The van der Waals surface area contributed by atoms with Crippen molar-refractivity contribution < 1.29 is 4.39 Å². The third-order valence-electron chi connectivity index (χ3n) is 1.92. The highest BCUT2D eigenvalue weighted by molar-refractivity contribution is 6.30. The summed E-state index contributed by atoms with van der Waals surface area (Å²) in [5.74, 6) is -0.487. The van der Waals surface area contributed by atoms with Gasteiger partial charge in [0, 0.05) is 12.6 Å². The Labute approximate surface area is 90.5 Å². The molecule has 0 radical (unpaired) electrons. The number of aromatic nitrogens is 3. The Balaban J connectivity index is 2.40. The Morgan fingerprint density at radius 2 is 2.27 bits per heavy atom. The van der Waals surface area contributed by atoms with E-state index in [4.69, 9.17) is 17.3 Å². The van der Waals surface area contributed by atoms with Crippen LogP contribution >= 0.6 is 11.6 Å². The maximum atomic E-state index is 13.1. The number of hydrogen-bond donors (Lipinski definition) is 1. The number of rotatable bonds is 2. The first kappa shape index (κ1) is 10.1. The first-order valence-corrected chi connectivity index (χ1v) is 4.65. The van der Waals surface area contributed by atoms with Gasteiger partial charge in [0.15, 0.2) is 0 Å². The topological polar surface area (TPSA) is 56.7 Å². The molecule has 78 valence electrons. The number of halogens is 2. The molecule has 0 aliphatic heterocycles. The molecule has 15 heavy (non-hydrogen) atoms. The van der Waals surface area contributed by atoms with Crippen LogP contribution in [-0.4, -0.2) is 15.0 Å². The summed E-state index contributed by atoms with van der Waals surface area (Å²) in [5.41, 5.74) is 6.59. The zero-order valence-electron chi connectivity index (χ0n) is 7.69. The Morgan fingerprint density at radius 3 is 2.87 bits per heavy atom. The lowest BCUT2D eigenvalue weighted by Crippen LogP contribution is -1.96. The summed E-state index contributed by atoms with van der Waals surface area (Å²) in [4.78, 5) is 0. The highest BCUT2D eigenvalue weighted by Gasteiger charge is 2.04. The monoisotopic (exact) mass is 226 g/mol. The third-order valence-corrected chi connectivity index (χ3v) is 2.22. The molecule has 0 amide bonds. The van der Waals surface area contributed by atoms with Crippen LogP contribution in [-0.2, 0) is 6.54 Å². The van der Waals surface area contributed by atoms with Gasteiger partial charge in [0.2, 0.25) is 0 Å². The first-order chi connectivity index (χ1) is 7.20. The molecule has 0 fully saturated rings. The standard InChI is InChI=1S/C9H8ClFN4/c10-8-2-1-7(3-9(8)11)15-5-6(4-12)13-14-15/h1-3,5H,4,12H2. The smallest absolute Gasteiger partial charge is 0.143 e. The predicted octanol–water partition coefficient (Wildman–Crippen LogP) is 1.52. The molecule has 0 aliphatic rings. The minimum atomic E-state index is -0.487. The summed E-state index contributed by atoms with van der Waals surface area (Å²) in [6, 6.07) is 4.41. The van der Waals surface area contributed by atoms with E-state index in [9.17, 15) is 4.39 Å². The SMILES string of the molecule is NCc1cn(-c2ccc(Cl)c(F)c2)nn1. The molecular formula is C9H8ClFN4. The van der Waals surface area contributed by atoms with Gasteiger partial charge in [0.1, 0.15) is 5.82 Å². The molecule has 2 N–H and O–H groups in total. The summed E-state index contributed by atoms with van der Waals surface area (Å²) >= 11 is 5.56. The lowest BCUT2D eigenvalue weighted by atomic mass is 10.3. The van der Waals surface area contributed by atoms with Crippen LogP contribution in [0.1, 0.15) is 5.69 Å². The average molecular weight is 227 g/mol. The third kappa shape index (κ3) is 1.98.